The van der Waals surface area contributed by atoms with E-state index < -0.39 is 0 Å². The minimum Gasteiger partial charge on any atom is -0.338 e. The fourth-order valence-electron chi connectivity index (χ4n) is 2.90. The molecular weight excluding hydrogens is 236 g/mol. The van der Waals surface area contributed by atoms with Crippen LogP contribution in [0.3, 0.4) is 0 Å². The van der Waals surface area contributed by atoms with E-state index in [1.165, 1.54) is 5.57 Å². The molecule has 2 rings (SSSR count). The Morgan fingerprint density at radius 2 is 2.26 bits per heavy atom. The lowest BCUT2D eigenvalue weighted by molar-refractivity contribution is -0.136. The van der Waals surface area contributed by atoms with Crippen molar-refractivity contribution in [3.63, 3.8) is 0 Å². The van der Waals surface area contributed by atoms with E-state index >= 15 is 0 Å². The average molecular weight is 262 g/mol. The smallest absolute Gasteiger partial charge is 0.226 e. The van der Waals surface area contributed by atoms with Crippen LogP contribution in [-0.4, -0.2) is 37.0 Å². The van der Waals surface area contributed by atoms with Gasteiger partial charge in [-0.2, -0.15) is 0 Å². The summed E-state index contributed by atoms with van der Waals surface area (Å²) in [5.41, 5.74) is 1.52. The molecule has 0 bridgehead atoms. The largest absolute Gasteiger partial charge is 0.338 e. The molecule has 0 atom stereocenters. The van der Waals surface area contributed by atoms with Crippen LogP contribution in [0.4, 0.5) is 0 Å². The van der Waals surface area contributed by atoms with E-state index in [9.17, 15) is 4.79 Å². The molecule has 1 N–H and O–H groups in total. The molecule has 1 saturated heterocycles. The molecule has 2 aliphatic heterocycles. The summed E-state index contributed by atoms with van der Waals surface area (Å²) >= 11 is 0. The highest BCUT2D eigenvalue weighted by atomic mass is 16.2. The standard InChI is InChI=1S/C16H26N2O/c1-2-3-4-5-14-8-12-18(13-9-14)16(19)15-6-10-17-11-7-15/h2-3,8,15,17H,4-7,9-13H2,1H3/b3-2-. The molecule has 19 heavy (non-hydrogen) atoms. The summed E-state index contributed by atoms with van der Waals surface area (Å²) in [6.07, 6.45) is 12.0. The summed E-state index contributed by atoms with van der Waals surface area (Å²) in [7, 11) is 0. The average Bonchev–Trinajstić information content (AvgIpc) is 2.48. The van der Waals surface area contributed by atoms with Gasteiger partial charge in [0.15, 0.2) is 0 Å². The minimum atomic E-state index is 0.263. The maximum atomic E-state index is 12.4. The third kappa shape index (κ3) is 4.20. The number of amides is 1. The summed E-state index contributed by atoms with van der Waals surface area (Å²) in [6.45, 7) is 5.80. The molecule has 1 amide bonds. The Bertz CT molecular complexity index is 354. The Hall–Kier alpha value is -1.09. The summed E-state index contributed by atoms with van der Waals surface area (Å²) < 4.78 is 0. The second kappa shape index (κ2) is 7.49. The zero-order valence-corrected chi connectivity index (χ0v) is 12.0. The fraction of sp³-hybridized carbons (Fsp3) is 0.688. The van der Waals surface area contributed by atoms with Crippen molar-refractivity contribution in [2.75, 3.05) is 26.2 Å². The second-order valence-electron chi connectivity index (χ2n) is 5.53. The lowest BCUT2D eigenvalue weighted by atomic mass is 9.95. The van der Waals surface area contributed by atoms with Gasteiger partial charge in [-0.1, -0.05) is 23.8 Å². The molecular formula is C16H26N2O. The number of carbonyl (C=O) groups excluding carboxylic acids is 1. The van der Waals surface area contributed by atoms with Crippen LogP contribution < -0.4 is 5.32 Å². The van der Waals surface area contributed by atoms with Crippen molar-refractivity contribution < 1.29 is 4.79 Å². The number of hydrogen-bond donors (Lipinski definition) is 1. The van der Waals surface area contributed by atoms with Crippen molar-refractivity contribution in [2.24, 2.45) is 5.92 Å². The van der Waals surface area contributed by atoms with Crippen molar-refractivity contribution in [3.05, 3.63) is 23.8 Å². The summed E-state index contributed by atoms with van der Waals surface area (Å²) in [4.78, 5) is 14.4. The molecule has 3 heteroatoms. The van der Waals surface area contributed by atoms with Crippen molar-refractivity contribution >= 4 is 5.91 Å². The van der Waals surface area contributed by atoms with Gasteiger partial charge in [-0.05, 0) is 52.1 Å². The van der Waals surface area contributed by atoms with Crippen LogP contribution in [0.25, 0.3) is 0 Å². The summed E-state index contributed by atoms with van der Waals surface area (Å²) in [5.74, 6) is 0.643. The molecule has 0 aromatic rings. The molecule has 0 saturated carbocycles. The van der Waals surface area contributed by atoms with Crippen LogP contribution in [0.2, 0.25) is 0 Å². The lowest BCUT2D eigenvalue weighted by Gasteiger charge is -2.31. The van der Waals surface area contributed by atoms with Crippen LogP contribution >= 0.6 is 0 Å². The van der Waals surface area contributed by atoms with Crippen molar-refractivity contribution in [1.82, 2.24) is 10.2 Å². The molecule has 106 valence electrons. The van der Waals surface area contributed by atoms with E-state index in [2.05, 4.69) is 35.4 Å². The molecule has 0 aromatic carbocycles. The highest BCUT2D eigenvalue weighted by Gasteiger charge is 2.26. The summed E-state index contributed by atoms with van der Waals surface area (Å²) in [5, 5.41) is 3.32. The van der Waals surface area contributed by atoms with Crippen LogP contribution in [0.5, 0.6) is 0 Å². The predicted octanol–water partition coefficient (Wildman–Crippen LogP) is 2.50. The van der Waals surface area contributed by atoms with Gasteiger partial charge in [0.1, 0.15) is 0 Å². The number of rotatable bonds is 4. The first-order valence-corrected chi connectivity index (χ1v) is 7.60. The Morgan fingerprint density at radius 3 is 2.89 bits per heavy atom. The van der Waals surface area contributed by atoms with Crippen LogP contribution in [0.15, 0.2) is 23.8 Å². The first kappa shape index (κ1) is 14.3. The number of carbonyl (C=O) groups is 1. The molecule has 0 spiro atoms. The van der Waals surface area contributed by atoms with Gasteiger partial charge in [0.05, 0.1) is 0 Å². The third-order valence-corrected chi connectivity index (χ3v) is 4.17. The van der Waals surface area contributed by atoms with Gasteiger partial charge >= 0.3 is 0 Å². The lowest BCUT2D eigenvalue weighted by Crippen LogP contribution is -2.42. The zero-order chi connectivity index (χ0) is 13.5. The number of allylic oxidation sites excluding steroid dienone is 2. The quantitative estimate of drug-likeness (QED) is 0.790. The van der Waals surface area contributed by atoms with Gasteiger partial charge < -0.3 is 10.2 Å². The van der Waals surface area contributed by atoms with Crippen molar-refractivity contribution in [3.8, 4) is 0 Å². The van der Waals surface area contributed by atoms with Crippen LogP contribution in [0.1, 0.15) is 39.0 Å². The Kier molecular flexibility index (Phi) is 5.64. The second-order valence-corrected chi connectivity index (χ2v) is 5.53. The maximum Gasteiger partial charge on any atom is 0.226 e. The van der Waals surface area contributed by atoms with Gasteiger partial charge in [0, 0.05) is 19.0 Å². The predicted molar refractivity (Wildman–Crippen MR) is 78.9 cm³/mol. The van der Waals surface area contributed by atoms with E-state index in [0.717, 1.165) is 58.3 Å². The highest BCUT2D eigenvalue weighted by molar-refractivity contribution is 5.79. The molecule has 0 radical (unpaired) electrons. The van der Waals surface area contributed by atoms with Crippen molar-refractivity contribution in [2.45, 2.75) is 39.0 Å². The van der Waals surface area contributed by atoms with Gasteiger partial charge in [-0.25, -0.2) is 0 Å². The zero-order valence-electron chi connectivity index (χ0n) is 12.0. The summed E-state index contributed by atoms with van der Waals surface area (Å²) in [6, 6.07) is 0. The monoisotopic (exact) mass is 262 g/mol. The number of piperidine rings is 1. The third-order valence-electron chi connectivity index (χ3n) is 4.17. The number of hydrogen-bond acceptors (Lipinski definition) is 2. The molecule has 2 heterocycles. The molecule has 1 fully saturated rings. The first-order valence-electron chi connectivity index (χ1n) is 7.60. The number of nitrogens with zero attached hydrogens (tertiary/aromatic N) is 1. The molecule has 3 nitrogen and oxygen atoms in total. The first-order chi connectivity index (χ1) is 9.31. The number of nitrogens with one attached hydrogen (secondary N) is 1. The van der Waals surface area contributed by atoms with E-state index in [1.807, 2.05) is 0 Å². The normalized spacial score (nSPS) is 21.7. The van der Waals surface area contributed by atoms with Gasteiger partial charge in [-0.15, -0.1) is 0 Å². The van der Waals surface area contributed by atoms with E-state index in [4.69, 9.17) is 0 Å². The fourth-order valence-corrected chi connectivity index (χ4v) is 2.90. The van der Waals surface area contributed by atoms with E-state index in [0.29, 0.717) is 5.91 Å². The SMILES string of the molecule is C/C=C\CCC1=CCN(C(=O)C2CCNCC2)CC1. The minimum absolute atomic E-state index is 0.263. The van der Waals surface area contributed by atoms with Gasteiger partial charge in [0.2, 0.25) is 5.91 Å². The van der Waals surface area contributed by atoms with Crippen LogP contribution in [0, 0.1) is 5.92 Å². The Labute approximate surface area is 116 Å². The maximum absolute atomic E-state index is 12.4. The Balaban J connectivity index is 1.79. The van der Waals surface area contributed by atoms with Crippen LogP contribution in [-0.2, 0) is 4.79 Å². The molecule has 0 aromatic heterocycles. The molecule has 0 aliphatic carbocycles. The topological polar surface area (TPSA) is 32.3 Å². The van der Waals surface area contributed by atoms with E-state index in [1.54, 1.807) is 0 Å². The Morgan fingerprint density at radius 1 is 1.47 bits per heavy atom. The molecule has 0 unspecified atom stereocenters. The van der Waals surface area contributed by atoms with Gasteiger partial charge in [0.25, 0.3) is 0 Å². The van der Waals surface area contributed by atoms with Crippen molar-refractivity contribution in [1.29, 1.82) is 0 Å². The van der Waals surface area contributed by atoms with E-state index in [-0.39, 0.29) is 5.92 Å². The van der Waals surface area contributed by atoms with Gasteiger partial charge in [-0.3, -0.25) is 4.79 Å². The highest BCUT2D eigenvalue weighted by Crippen LogP contribution is 2.20. The molecule has 2 aliphatic rings.